The lowest BCUT2D eigenvalue weighted by Gasteiger charge is -2.11. The summed E-state index contributed by atoms with van der Waals surface area (Å²) in [5.41, 5.74) is 1.51. The second-order valence-corrected chi connectivity index (χ2v) is 4.25. The van der Waals surface area contributed by atoms with Crippen LogP contribution in [0.2, 0.25) is 0 Å². The lowest BCUT2D eigenvalue weighted by atomic mass is 10.1. The summed E-state index contributed by atoms with van der Waals surface area (Å²) in [4.78, 5) is 10.8. The Hall–Kier alpha value is -2.36. The summed E-state index contributed by atoms with van der Waals surface area (Å²) in [6, 6.07) is 11.3. The van der Waals surface area contributed by atoms with Crippen LogP contribution in [-0.4, -0.2) is 20.0 Å². The molecule has 4 heteroatoms. The van der Waals surface area contributed by atoms with Gasteiger partial charge in [0.25, 0.3) is 0 Å². The van der Waals surface area contributed by atoms with Gasteiger partial charge in [0.1, 0.15) is 12.1 Å². The quantitative estimate of drug-likeness (QED) is 0.758. The molecule has 0 bridgehead atoms. The molecule has 0 heterocycles. The van der Waals surface area contributed by atoms with Crippen molar-refractivity contribution in [2.45, 2.75) is 6.42 Å². The third-order valence-corrected chi connectivity index (χ3v) is 2.89. The second-order valence-electron chi connectivity index (χ2n) is 4.25. The predicted molar refractivity (Wildman–Crippen MR) is 74.0 cm³/mol. The summed E-state index contributed by atoms with van der Waals surface area (Å²) in [6.07, 6.45) is 1.40. The largest absolute Gasteiger partial charge is 0.493 e. The summed E-state index contributed by atoms with van der Waals surface area (Å²) in [5, 5.41) is 0. The molecule has 0 saturated carbocycles. The molecule has 2 rings (SSSR count). The van der Waals surface area contributed by atoms with Crippen LogP contribution in [0.3, 0.4) is 0 Å². The number of benzene rings is 2. The monoisotopic (exact) mass is 274 g/mol. The highest BCUT2D eigenvalue weighted by Gasteiger charge is 2.05. The molecule has 0 aliphatic heterocycles. The molecule has 0 aliphatic carbocycles. The van der Waals surface area contributed by atoms with Gasteiger partial charge >= 0.3 is 0 Å². The standard InChI is InChI=1S/C16H15FO3/c1-19-15-7-4-13(11-18)10-16(15)20-9-8-12-2-5-14(17)6-3-12/h2-7,10-11H,8-9H2,1H3. The molecule has 0 saturated heterocycles. The van der Waals surface area contributed by atoms with Crippen molar-refractivity contribution in [3.05, 3.63) is 59.4 Å². The smallest absolute Gasteiger partial charge is 0.161 e. The summed E-state index contributed by atoms with van der Waals surface area (Å²) >= 11 is 0. The third kappa shape index (κ3) is 3.57. The second kappa shape index (κ2) is 6.70. The van der Waals surface area contributed by atoms with Crippen LogP contribution in [-0.2, 0) is 6.42 Å². The van der Waals surface area contributed by atoms with Gasteiger partial charge in [0, 0.05) is 12.0 Å². The van der Waals surface area contributed by atoms with Crippen molar-refractivity contribution in [3.63, 3.8) is 0 Å². The van der Waals surface area contributed by atoms with Crippen LogP contribution in [0.1, 0.15) is 15.9 Å². The number of halogens is 1. The summed E-state index contributed by atoms with van der Waals surface area (Å²) in [7, 11) is 1.54. The van der Waals surface area contributed by atoms with Gasteiger partial charge in [-0.15, -0.1) is 0 Å². The van der Waals surface area contributed by atoms with Gasteiger partial charge < -0.3 is 9.47 Å². The molecule has 104 valence electrons. The minimum atomic E-state index is -0.255. The zero-order valence-corrected chi connectivity index (χ0v) is 11.1. The molecule has 0 aliphatic rings. The number of ether oxygens (including phenoxy) is 2. The van der Waals surface area contributed by atoms with E-state index in [2.05, 4.69) is 0 Å². The van der Waals surface area contributed by atoms with Crippen molar-refractivity contribution in [1.82, 2.24) is 0 Å². The van der Waals surface area contributed by atoms with Crippen LogP contribution in [0.15, 0.2) is 42.5 Å². The number of hydrogen-bond acceptors (Lipinski definition) is 3. The maximum Gasteiger partial charge on any atom is 0.161 e. The fourth-order valence-corrected chi connectivity index (χ4v) is 1.81. The molecule has 0 spiro atoms. The predicted octanol–water partition coefficient (Wildman–Crippen LogP) is 3.27. The third-order valence-electron chi connectivity index (χ3n) is 2.89. The number of methoxy groups -OCH3 is 1. The highest BCUT2D eigenvalue weighted by molar-refractivity contribution is 5.76. The Kier molecular flexibility index (Phi) is 4.71. The Morgan fingerprint density at radius 1 is 1.10 bits per heavy atom. The first kappa shape index (κ1) is 14.1. The number of aldehydes is 1. The minimum absolute atomic E-state index is 0.255. The van der Waals surface area contributed by atoms with E-state index >= 15 is 0 Å². The van der Waals surface area contributed by atoms with E-state index in [0.717, 1.165) is 11.8 Å². The Morgan fingerprint density at radius 2 is 1.85 bits per heavy atom. The molecule has 0 aromatic heterocycles. The van der Waals surface area contributed by atoms with E-state index in [9.17, 15) is 9.18 Å². The highest BCUT2D eigenvalue weighted by Crippen LogP contribution is 2.27. The van der Waals surface area contributed by atoms with E-state index in [4.69, 9.17) is 9.47 Å². The summed E-state index contributed by atoms with van der Waals surface area (Å²) < 4.78 is 23.6. The zero-order valence-electron chi connectivity index (χ0n) is 11.1. The Labute approximate surface area is 117 Å². The topological polar surface area (TPSA) is 35.5 Å². The Morgan fingerprint density at radius 3 is 2.50 bits per heavy atom. The zero-order chi connectivity index (χ0) is 14.4. The van der Waals surface area contributed by atoms with Crippen molar-refractivity contribution in [2.24, 2.45) is 0 Å². The van der Waals surface area contributed by atoms with Gasteiger partial charge in [-0.1, -0.05) is 12.1 Å². The van der Waals surface area contributed by atoms with Crippen LogP contribution in [0, 0.1) is 5.82 Å². The summed E-state index contributed by atoms with van der Waals surface area (Å²) in [5.74, 6) is 0.851. The molecule has 3 nitrogen and oxygen atoms in total. The molecular formula is C16H15FO3. The van der Waals surface area contributed by atoms with Gasteiger partial charge in [-0.25, -0.2) is 4.39 Å². The van der Waals surface area contributed by atoms with E-state index in [0.29, 0.717) is 30.1 Å². The average molecular weight is 274 g/mol. The van der Waals surface area contributed by atoms with E-state index in [1.165, 1.54) is 12.1 Å². The number of hydrogen-bond donors (Lipinski definition) is 0. The van der Waals surface area contributed by atoms with Gasteiger partial charge in [0.2, 0.25) is 0 Å². The van der Waals surface area contributed by atoms with Gasteiger partial charge in [0.05, 0.1) is 13.7 Å². The first-order valence-corrected chi connectivity index (χ1v) is 6.23. The van der Waals surface area contributed by atoms with Crippen molar-refractivity contribution >= 4 is 6.29 Å². The van der Waals surface area contributed by atoms with E-state index in [1.807, 2.05) is 0 Å². The highest BCUT2D eigenvalue weighted by atomic mass is 19.1. The number of carbonyl (C=O) groups excluding carboxylic acids is 1. The lowest BCUT2D eigenvalue weighted by Crippen LogP contribution is -2.03. The molecule has 0 N–H and O–H groups in total. The van der Waals surface area contributed by atoms with Crippen molar-refractivity contribution < 1.29 is 18.7 Å². The van der Waals surface area contributed by atoms with Crippen LogP contribution in [0.5, 0.6) is 11.5 Å². The molecule has 0 fully saturated rings. The molecule has 2 aromatic rings. The van der Waals surface area contributed by atoms with Gasteiger partial charge in [0.15, 0.2) is 11.5 Å². The Balaban J connectivity index is 1.99. The molecule has 0 amide bonds. The van der Waals surface area contributed by atoms with Gasteiger partial charge in [-0.3, -0.25) is 4.79 Å². The molecular weight excluding hydrogens is 259 g/mol. The maximum absolute atomic E-state index is 12.8. The van der Waals surface area contributed by atoms with E-state index < -0.39 is 0 Å². The fraction of sp³-hybridized carbons (Fsp3) is 0.188. The van der Waals surface area contributed by atoms with Crippen LogP contribution >= 0.6 is 0 Å². The Bertz CT molecular complexity index is 579. The number of rotatable bonds is 6. The molecule has 0 radical (unpaired) electrons. The van der Waals surface area contributed by atoms with Crippen LogP contribution in [0.25, 0.3) is 0 Å². The first-order chi connectivity index (χ1) is 9.72. The average Bonchev–Trinajstić information content (AvgIpc) is 2.49. The van der Waals surface area contributed by atoms with E-state index in [-0.39, 0.29) is 5.82 Å². The lowest BCUT2D eigenvalue weighted by molar-refractivity contribution is 0.112. The molecule has 20 heavy (non-hydrogen) atoms. The fourth-order valence-electron chi connectivity index (χ4n) is 1.81. The van der Waals surface area contributed by atoms with Crippen molar-refractivity contribution in [2.75, 3.05) is 13.7 Å². The number of carbonyl (C=O) groups is 1. The molecule has 0 atom stereocenters. The summed E-state index contributed by atoms with van der Waals surface area (Å²) in [6.45, 7) is 0.421. The maximum atomic E-state index is 12.8. The normalized spacial score (nSPS) is 10.1. The van der Waals surface area contributed by atoms with Crippen LogP contribution in [0.4, 0.5) is 4.39 Å². The minimum Gasteiger partial charge on any atom is -0.493 e. The van der Waals surface area contributed by atoms with Gasteiger partial charge in [-0.2, -0.15) is 0 Å². The van der Waals surface area contributed by atoms with Crippen molar-refractivity contribution in [3.8, 4) is 11.5 Å². The van der Waals surface area contributed by atoms with Crippen LogP contribution < -0.4 is 9.47 Å². The molecule has 0 unspecified atom stereocenters. The SMILES string of the molecule is COc1ccc(C=O)cc1OCCc1ccc(F)cc1. The first-order valence-electron chi connectivity index (χ1n) is 6.23. The van der Waals surface area contributed by atoms with Gasteiger partial charge in [-0.05, 0) is 35.9 Å². The van der Waals surface area contributed by atoms with E-state index in [1.54, 1.807) is 37.4 Å². The molecule has 2 aromatic carbocycles. The van der Waals surface area contributed by atoms with Crippen molar-refractivity contribution in [1.29, 1.82) is 0 Å².